The Morgan fingerprint density at radius 1 is 1.13 bits per heavy atom. The maximum atomic E-state index is 10.2. The second kappa shape index (κ2) is 6.49. The molecule has 90 valence electrons. The summed E-state index contributed by atoms with van der Waals surface area (Å²) in [6.45, 7) is 4.33. The Kier molecular flexibility index (Phi) is 5.62. The molecule has 1 aliphatic rings. The summed E-state index contributed by atoms with van der Waals surface area (Å²) < 4.78 is 0. The quantitative estimate of drug-likeness (QED) is 0.705. The lowest BCUT2D eigenvalue weighted by Gasteiger charge is -2.27. The molecule has 2 heteroatoms. The van der Waals surface area contributed by atoms with Crippen molar-refractivity contribution < 1.29 is 5.11 Å². The molecule has 3 N–H and O–H groups in total. The minimum atomic E-state index is -0.273. The van der Waals surface area contributed by atoms with Crippen molar-refractivity contribution in [2.24, 2.45) is 17.6 Å². The molecule has 0 spiro atoms. The van der Waals surface area contributed by atoms with E-state index >= 15 is 0 Å². The Morgan fingerprint density at radius 2 is 1.67 bits per heavy atom. The summed E-state index contributed by atoms with van der Waals surface area (Å²) in [6.07, 6.45) is 8.24. The monoisotopic (exact) mass is 213 g/mol. The molecule has 1 fully saturated rings. The first-order chi connectivity index (χ1) is 7.11. The third kappa shape index (κ3) is 4.52. The van der Waals surface area contributed by atoms with Gasteiger partial charge in [-0.3, -0.25) is 0 Å². The van der Waals surface area contributed by atoms with Crippen molar-refractivity contribution in [2.45, 2.75) is 70.9 Å². The molecule has 0 aliphatic heterocycles. The smallest absolute Gasteiger partial charge is 0.0719 e. The van der Waals surface area contributed by atoms with Crippen LogP contribution in [0.1, 0.15) is 58.8 Å². The molecule has 2 atom stereocenters. The van der Waals surface area contributed by atoms with Crippen molar-refractivity contribution in [3.05, 3.63) is 0 Å². The molecule has 1 saturated carbocycles. The highest BCUT2D eigenvalue weighted by Gasteiger charge is 2.26. The fraction of sp³-hybridized carbons (Fsp3) is 1.00. The molecular weight excluding hydrogens is 186 g/mol. The molecular formula is C13H27NO. The van der Waals surface area contributed by atoms with Crippen molar-refractivity contribution >= 4 is 0 Å². The highest BCUT2D eigenvalue weighted by molar-refractivity contribution is 4.81. The highest BCUT2D eigenvalue weighted by atomic mass is 16.3. The average Bonchev–Trinajstić information content (AvgIpc) is 2.43. The zero-order valence-corrected chi connectivity index (χ0v) is 10.3. The summed E-state index contributed by atoms with van der Waals surface area (Å²) in [5.74, 6) is 1.04. The highest BCUT2D eigenvalue weighted by Crippen LogP contribution is 2.27. The summed E-state index contributed by atoms with van der Waals surface area (Å²) in [4.78, 5) is 0. The van der Waals surface area contributed by atoms with E-state index in [2.05, 4.69) is 13.8 Å². The van der Waals surface area contributed by atoms with Crippen molar-refractivity contribution in [3.8, 4) is 0 Å². The number of hydrogen-bond donors (Lipinski definition) is 2. The van der Waals surface area contributed by atoms with Crippen LogP contribution in [-0.4, -0.2) is 17.3 Å². The van der Waals surface area contributed by atoms with Crippen LogP contribution in [0.2, 0.25) is 0 Å². The molecule has 1 rings (SSSR count). The molecule has 0 radical (unpaired) electrons. The van der Waals surface area contributed by atoms with Gasteiger partial charge in [0, 0.05) is 6.04 Å². The second-order valence-electron chi connectivity index (χ2n) is 5.54. The molecule has 0 amide bonds. The SMILES string of the molecule is CC(C)CC(N)C(O)C1CCCCCC1. The number of nitrogens with two attached hydrogens (primary N) is 1. The first kappa shape index (κ1) is 13.0. The van der Waals surface area contributed by atoms with Gasteiger partial charge in [0.2, 0.25) is 0 Å². The Balaban J connectivity index is 2.38. The predicted octanol–water partition coefficient (Wildman–Crippen LogP) is 2.69. The molecule has 0 saturated heterocycles. The Hall–Kier alpha value is -0.0800. The molecule has 2 nitrogen and oxygen atoms in total. The van der Waals surface area contributed by atoms with Gasteiger partial charge in [0.25, 0.3) is 0 Å². The van der Waals surface area contributed by atoms with Crippen LogP contribution in [0.4, 0.5) is 0 Å². The van der Waals surface area contributed by atoms with Gasteiger partial charge in [-0.05, 0) is 31.1 Å². The summed E-state index contributed by atoms with van der Waals surface area (Å²) in [5, 5.41) is 10.2. The molecule has 0 heterocycles. The number of hydrogen-bond acceptors (Lipinski definition) is 2. The van der Waals surface area contributed by atoms with E-state index in [4.69, 9.17) is 5.73 Å². The molecule has 0 aromatic carbocycles. The summed E-state index contributed by atoms with van der Waals surface area (Å²) in [5.41, 5.74) is 6.05. The van der Waals surface area contributed by atoms with Gasteiger partial charge in [-0.25, -0.2) is 0 Å². The lowest BCUT2D eigenvalue weighted by atomic mass is 9.87. The lowest BCUT2D eigenvalue weighted by molar-refractivity contribution is 0.0669. The molecule has 0 bridgehead atoms. The van der Waals surface area contributed by atoms with E-state index in [9.17, 15) is 5.11 Å². The zero-order valence-electron chi connectivity index (χ0n) is 10.3. The first-order valence-electron chi connectivity index (χ1n) is 6.55. The van der Waals surface area contributed by atoms with Crippen molar-refractivity contribution in [1.29, 1.82) is 0 Å². The summed E-state index contributed by atoms with van der Waals surface area (Å²) in [7, 11) is 0. The third-order valence-corrected chi connectivity index (χ3v) is 3.57. The van der Waals surface area contributed by atoms with Gasteiger partial charge in [0.05, 0.1) is 6.10 Å². The van der Waals surface area contributed by atoms with Gasteiger partial charge in [-0.1, -0.05) is 39.5 Å². The Bertz CT molecular complexity index is 162. The molecule has 15 heavy (non-hydrogen) atoms. The molecule has 0 aromatic rings. The van der Waals surface area contributed by atoms with Crippen LogP contribution in [0.15, 0.2) is 0 Å². The van der Waals surface area contributed by atoms with E-state index in [-0.39, 0.29) is 12.1 Å². The van der Waals surface area contributed by atoms with Crippen LogP contribution in [0.3, 0.4) is 0 Å². The fourth-order valence-corrected chi connectivity index (χ4v) is 2.69. The fourth-order valence-electron chi connectivity index (χ4n) is 2.69. The molecule has 0 aromatic heterocycles. The van der Waals surface area contributed by atoms with E-state index in [1.165, 1.54) is 38.5 Å². The van der Waals surface area contributed by atoms with E-state index in [0.717, 1.165) is 6.42 Å². The van der Waals surface area contributed by atoms with E-state index in [0.29, 0.717) is 11.8 Å². The van der Waals surface area contributed by atoms with E-state index < -0.39 is 0 Å². The number of rotatable bonds is 4. The minimum absolute atomic E-state index is 0.0203. The van der Waals surface area contributed by atoms with Gasteiger partial charge < -0.3 is 10.8 Å². The minimum Gasteiger partial charge on any atom is -0.391 e. The first-order valence-corrected chi connectivity index (χ1v) is 6.55. The van der Waals surface area contributed by atoms with Gasteiger partial charge in [-0.15, -0.1) is 0 Å². The Morgan fingerprint density at radius 3 is 2.13 bits per heavy atom. The summed E-state index contributed by atoms with van der Waals surface area (Å²) in [6, 6.07) is -0.0203. The number of aliphatic hydroxyl groups is 1. The maximum absolute atomic E-state index is 10.2. The number of aliphatic hydroxyl groups excluding tert-OH is 1. The normalized spacial score (nSPS) is 23.8. The van der Waals surface area contributed by atoms with Crippen LogP contribution in [-0.2, 0) is 0 Å². The van der Waals surface area contributed by atoms with Crippen molar-refractivity contribution in [2.75, 3.05) is 0 Å². The van der Waals surface area contributed by atoms with Crippen LogP contribution < -0.4 is 5.73 Å². The van der Waals surface area contributed by atoms with Crippen LogP contribution in [0.5, 0.6) is 0 Å². The topological polar surface area (TPSA) is 46.2 Å². The summed E-state index contributed by atoms with van der Waals surface area (Å²) >= 11 is 0. The largest absolute Gasteiger partial charge is 0.391 e. The maximum Gasteiger partial charge on any atom is 0.0719 e. The van der Waals surface area contributed by atoms with E-state index in [1.54, 1.807) is 0 Å². The van der Waals surface area contributed by atoms with Gasteiger partial charge in [0.1, 0.15) is 0 Å². The second-order valence-corrected chi connectivity index (χ2v) is 5.54. The van der Waals surface area contributed by atoms with Crippen LogP contribution in [0, 0.1) is 11.8 Å². The van der Waals surface area contributed by atoms with Gasteiger partial charge >= 0.3 is 0 Å². The zero-order chi connectivity index (χ0) is 11.3. The average molecular weight is 213 g/mol. The van der Waals surface area contributed by atoms with Crippen molar-refractivity contribution in [3.63, 3.8) is 0 Å². The van der Waals surface area contributed by atoms with Crippen LogP contribution in [0.25, 0.3) is 0 Å². The van der Waals surface area contributed by atoms with Crippen molar-refractivity contribution in [1.82, 2.24) is 0 Å². The Labute approximate surface area is 94.2 Å². The third-order valence-electron chi connectivity index (χ3n) is 3.57. The molecule has 1 aliphatic carbocycles. The van der Waals surface area contributed by atoms with E-state index in [1.807, 2.05) is 0 Å². The standard InChI is InChI=1S/C13H27NO/c1-10(2)9-12(14)13(15)11-7-5-3-4-6-8-11/h10-13,15H,3-9,14H2,1-2H3. The molecule has 2 unspecified atom stereocenters. The lowest BCUT2D eigenvalue weighted by Crippen LogP contribution is -2.40. The van der Waals surface area contributed by atoms with Gasteiger partial charge in [0.15, 0.2) is 0 Å². The van der Waals surface area contributed by atoms with Gasteiger partial charge in [-0.2, -0.15) is 0 Å². The predicted molar refractivity (Wildman–Crippen MR) is 64.6 cm³/mol. The van der Waals surface area contributed by atoms with Crippen LogP contribution >= 0.6 is 0 Å².